The molecule has 1 aromatic heterocycles. The molecule has 0 aliphatic heterocycles. The van der Waals surface area contributed by atoms with E-state index in [0.29, 0.717) is 11.1 Å². The van der Waals surface area contributed by atoms with Crippen molar-refractivity contribution in [1.29, 1.82) is 0 Å². The maximum Gasteiger partial charge on any atom is 0.243 e. The normalized spacial score (nSPS) is 12.0. The molecule has 0 saturated carbocycles. The first kappa shape index (κ1) is 14.7. The molecule has 5 nitrogen and oxygen atoms in total. The van der Waals surface area contributed by atoms with Crippen molar-refractivity contribution >= 4 is 10.0 Å². The maximum atomic E-state index is 13.3. The van der Waals surface area contributed by atoms with Gasteiger partial charge in [0.25, 0.3) is 0 Å². The minimum atomic E-state index is -3.81. The van der Waals surface area contributed by atoms with Crippen LogP contribution in [-0.4, -0.2) is 19.8 Å². The summed E-state index contributed by atoms with van der Waals surface area (Å²) in [6.07, 6.45) is 2.92. The fourth-order valence-electron chi connectivity index (χ4n) is 1.83. The number of hydrogen-bond donors (Lipinski definition) is 1. The SMILES string of the molecule is CN(Cc1ccoc1)S(=O)(=O)c1cc(F)ccc1CN. The Morgan fingerprint density at radius 1 is 1.35 bits per heavy atom. The summed E-state index contributed by atoms with van der Waals surface area (Å²) in [4.78, 5) is -0.106. The van der Waals surface area contributed by atoms with Crippen molar-refractivity contribution in [2.45, 2.75) is 18.0 Å². The molecule has 108 valence electrons. The van der Waals surface area contributed by atoms with Crippen molar-refractivity contribution in [3.05, 3.63) is 53.7 Å². The van der Waals surface area contributed by atoms with Gasteiger partial charge >= 0.3 is 0 Å². The lowest BCUT2D eigenvalue weighted by Gasteiger charge is -2.18. The van der Waals surface area contributed by atoms with E-state index in [2.05, 4.69) is 0 Å². The van der Waals surface area contributed by atoms with Gasteiger partial charge in [-0.2, -0.15) is 4.31 Å². The van der Waals surface area contributed by atoms with Gasteiger partial charge in [0.05, 0.1) is 17.4 Å². The molecule has 0 radical (unpaired) electrons. The molecule has 2 rings (SSSR count). The largest absolute Gasteiger partial charge is 0.472 e. The van der Waals surface area contributed by atoms with Gasteiger partial charge in [0.1, 0.15) is 5.82 Å². The monoisotopic (exact) mass is 298 g/mol. The Labute approximate surface area is 116 Å². The second-order valence-corrected chi connectivity index (χ2v) is 6.36. The van der Waals surface area contributed by atoms with E-state index in [-0.39, 0.29) is 18.0 Å². The molecule has 0 spiro atoms. The topological polar surface area (TPSA) is 76.5 Å². The molecular formula is C13H15FN2O3S. The van der Waals surface area contributed by atoms with Crippen LogP contribution >= 0.6 is 0 Å². The van der Waals surface area contributed by atoms with Crippen molar-refractivity contribution < 1.29 is 17.2 Å². The second kappa shape index (κ2) is 5.74. The molecule has 0 unspecified atom stereocenters. The first-order valence-electron chi connectivity index (χ1n) is 5.91. The Kier molecular flexibility index (Phi) is 4.22. The van der Waals surface area contributed by atoms with E-state index in [1.807, 2.05) is 0 Å². The third-order valence-corrected chi connectivity index (χ3v) is 4.81. The van der Waals surface area contributed by atoms with Crippen LogP contribution < -0.4 is 5.73 Å². The van der Waals surface area contributed by atoms with Crippen LogP contribution in [0.5, 0.6) is 0 Å². The zero-order valence-corrected chi connectivity index (χ0v) is 11.7. The van der Waals surface area contributed by atoms with Gasteiger partial charge < -0.3 is 10.2 Å². The van der Waals surface area contributed by atoms with Gasteiger partial charge in [0.2, 0.25) is 10.0 Å². The summed E-state index contributed by atoms with van der Waals surface area (Å²) < 4.78 is 44.3. The molecule has 2 N–H and O–H groups in total. The lowest BCUT2D eigenvalue weighted by atomic mass is 10.2. The van der Waals surface area contributed by atoms with E-state index >= 15 is 0 Å². The number of furan rings is 1. The van der Waals surface area contributed by atoms with Crippen LogP contribution in [0.2, 0.25) is 0 Å². The minimum absolute atomic E-state index is 0.0222. The van der Waals surface area contributed by atoms with Crippen molar-refractivity contribution in [1.82, 2.24) is 4.31 Å². The van der Waals surface area contributed by atoms with Crippen LogP contribution in [0.4, 0.5) is 4.39 Å². The predicted molar refractivity (Wildman–Crippen MR) is 71.7 cm³/mol. The summed E-state index contributed by atoms with van der Waals surface area (Å²) in [7, 11) is -2.38. The number of nitrogens with two attached hydrogens (primary N) is 1. The van der Waals surface area contributed by atoms with Crippen LogP contribution in [0.3, 0.4) is 0 Å². The standard InChI is InChI=1S/C13H15FN2O3S/c1-16(8-10-4-5-19-9-10)20(17,18)13-6-12(14)3-2-11(13)7-15/h2-6,9H,7-8,15H2,1H3. The molecule has 0 aliphatic rings. The lowest BCUT2D eigenvalue weighted by Crippen LogP contribution is -2.27. The van der Waals surface area contributed by atoms with E-state index in [4.69, 9.17) is 10.2 Å². The van der Waals surface area contributed by atoms with Gasteiger partial charge in [-0.1, -0.05) is 6.07 Å². The summed E-state index contributed by atoms with van der Waals surface area (Å²) in [5.41, 5.74) is 6.60. The lowest BCUT2D eigenvalue weighted by molar-refractivity contribution is 0.461. The number of sulfonamides is 1. The van der Waals surface area contributed by atoms with Gasteiger partial charge in [-0.15, -0.1) is 0 Å². The molecule has 20 heavy (non-hydrogen) atoms. The minimum Gasteiger partial charge on any atom is -0.472 e. The number of hydrogen-bond acceptors (Lipinski definition) is 4. The zero-order valence-electron chi connectivity index (χ0n) is 10.9. The Morgan fingerprint density at radius 3 is 2.70 bits per heavy atom. The first-order valence-corrected chi connectivity index (χ1v) is 7.35. The van der Waals surface area contributed by atoms with Crippen LogP contribution in [0.25, 0.3) is 0 Å². The fourth-order valence-corrected chi connectivity index (χ4v) is 3.23. The van der Waals surface area contributed by atoms with Crippen molar-refractivity contribution in [3.63, 3.8) is 0 Å². The Morgan fingerprint density at radius 2 is 2.10 bits per heavy atom. The summed E-state index contributed by atoms with van der Waals surface area (Å²) in [5.74, 6) is -0.613. The average Bonchev–Trinajstić information content (AvgIpc) is 2.91. The van der Waals surface area contributed by atoms with Crippen molar-refractivity contribution in [2.75, 3.05) is 7.05 Å². The molecule has 0 aliphatic carbocycles. The summed E-state index contributed by atoms with van der Waals surface area (Å²) in [5, 5.41) is 0. The molecule has 0 amide bonds. The number of nitrogens with zero attached hydrogens (tertiary/aromatic N) is 1. The number of rotatable bonds is 5. The fraction of sp³-hybridized carbons (Fsp3) is 0.231. The van der Waals surface area contributed by atoms with Gasteiger partial charge in [-0.25, -0.2) is 12.8 Å². The van der Waals surface area contributed by atoms with Crippen LogP contribution in [-0.2, 0) is 23.1 Å². The third kappa shape index (κ3) is 2.90. The predicted octanol–water partition coefficient (Wildman–Crippen LogP) is 1.70. The average molecular weight is 298 g/mol. The van der Waals surface area contributed by atoms with Crippen LogP contribution in [0.15, 0.2) is 46.1 Å². The highest BCUT2D eigenvalue weighted by Gasteiger charge is 2.24. The number of benzene rings is 1. The summed E-state index contributed by atoms with van der Waals surface area (Å²) in [6, 6.07) is 5.23. The van der Waals surface area contributed by atoms with Crippen LogP contribution in [0, 0.1) is 5.82 Å². The van der Waals surface area contributed by atoms with Crippen molar-refractivity contribution in [3.8, 4) is 0 Å². The molecule has 0 bridgehead atoms. The Bertz CT molecular complexity index is 684. The van der Waals surface area contributed by atoms with E-state index in [1.165, 1.54) is 31.7 Å². The Balaban J connectivity index is 2.36. The number of halogens is 1. The smallest absolute Gasteiger partial charge is 0.243 e. The van der Waals surface area contributed by atoms with Gasteiger partial charge in [-0.05, 0) is 23.8 Å². The van der Waals surface area contributed by atoms with Gasteiger partial charge in [0.15, 0.2) is 0 Å². The Hall–Kier alpha value is -1.70. The van der Waals surface area contributed by atoms with E-state index in [9.17, 15) is 12.8 Å². The highest BCUT2D eigenvalue weighted by molar-refractivity contribution is 7.89. The summed E-state index contributed by atoms with van der Waals surface area (Å²) >= 11 is 0. The molecule has 0 saturated heterocycles. The summed E-state index contributed by atoms with van der Waals surface area (Å²) in [6.45, 7) is 0.160. The van der Waals surface area contributed by atoms with E-state index in [1.54, 1.807) is 6.07 Å². The molecule has 1 aromatic carbocycles. The van der Waals surface area contributed by atoms with Crippen LogP contribution in [0.1, 0.15) is 11.1 Å². The van der Waals surface area contributed by atoms with E-state index < -0.39 is 15.8 Å². The molecule has 1 heterocycles. The molecular weight excluding hydrogens is 283 g/mol. The van der Waals surface area contributed by atoms with E-state index in [0.717, 1.165) is 10.4 Å². The molecule has 7 heteroatoms. The highest BCUT2D eigenvalue weighted by atomic mass is 32.2. The first-order chi connectivity index (χ1) is 9.45. The quantitative estimate of drug-likeness (QED) is 0.911. The van der Waals surface area contributed by atoms with Gasteiger partial charge in [0, 0.05) is 25.7 Å². The molecule has 0 atom stereocenters. The van der Waals surface area contributed by atoms with Crippen molar-refractivity contribution in [2.24, 2.45) is 5.73 Å². The molecule has 0 fully saturated rings. The third-order valence-electron chi connectivity index (χ3n) is 2.92. The second-order valence-electron chi connectivity index (χ2n) is 4.35. The van der Waals surface area contributed by atoms with Gasteiger partial charge in [-0.3, -0.25) is 0 Å². The maximum absolute atomic E-state index is 13.3. The molecule has 2 aromatic rings. The highest BCUT2D eigenvalue weighted by Crippen LogP contribution is 2.22. The zero-order chi connectivity index (χ0) is 14.8.